The van der Waals surface area contributed by atoms with Gasteiger partial charge in [0.2, 0.25) is 0 Å². The summed E-state index contributed by atoms with van der Waals surface area (Å²) in [7, 11) is 0. The molecule has 8 rings (SSSR count). The van der Waals surface area contributed by atoms with Gasteiger partial charge in [-0.2, -0.15) is 0 Å². The summed E-state index contributed by atoms with van der Waals surface area (Å²) >= 11 is 37.7. The third kappa shape index (κ3) is 17.4. The summed E-state index contributed by atoms with van der Waals surface area (Å²) in [4.78, 5) is 10.9. The second-order valence-electron chi connectivity index (χ2n) is 12.8. The van der Waals surface area contributed by atoms with Crippen molar-refractivity contribution in [2.75, 3.05) is 0 Å². The first-order valence-electron chi connectivity index (χ1n) is 17.8. The van der Waals surface area contributed by atoms with E-state index in [4.69, 9.17) is 143 Å². The Morgan fingerprint density at radius 1 is 0.552 bits per heavy atom. The molecule has 0 radical (unpaired) electrons. The van der Waals surface area contributed by atoms with Crippen LogP contribution in [-0.4, -0.2) is 21.7 Å². The van der Waals surface area contributed by atoms with Gasteiger partial charge in [0.1, 0.15) is 47.6 Å². The lowest BCUT2D eigenvalue weighted by molar-refractivity contribution is 0.108. The molecule has 0 bridgehead atoms. The maximum absolute atomic E-state index is 10.9. The molecule has 0 saturated heterocycles. The van der Waals surface area contributed by atoms with E-state index in [0.717, 1.165) is 48.3 Å². The topological polar surface area (TPSA) is 108 Å². The SMILES string of the molecule is F.FF.FF.FF.FF.FF.FF.O=Cc1ccc(OCc2c(-c3c(Cl)cccc3Cl)noc2C2CC2)cc1Cl.OCc1ccc(OCc2c(-c3c(Cl)cccc3Cl)noc2C2CC2)cc1Cl. The van der Waals surface area contributed by atoms with Gasteiger partial charge < -0.3 is 23.6 Å². The standard InChI is InChI=1S/C20H16Cl3NO3.C20H14Cl3NO3.6F2.FH/c2*21-15-2-1-3-16(22)18(15)19-14(20(27-24-19)11-4-5-11)10-26-13-7-6-12(9-25)17(23)8-13;6*1-2;/h1-3,6-8,11,25H,4-5,9-10H2;1-3,6-9,11H,4-5,10H2;;;;;;;1H. The Labute approximate surface area is 400 Å². The van der Waals surface area contributed by atoms with Crippen LogP contribution in [0.25, 0.3) is 22.5 Å². The van der Waals surface area contributed by atoms with Crippen LogP contribution in [0.1, 0.15) is 76.1 Å². The average molecular weight is 1100 g/mol. The first kappa shape index (κ1) is 62.4. The van der Waals surface area contributed by atoms with E-state index in [1.807, 2.05) is 0 Å². The number of aliphatic hydroxyl groups excluding tert-OH is 1. The van der Waals surface area contributed by atoms with Crippen molar-refractivity contribution in [1.29, 1.82) is 0 Å². The Morgan fingerprint density at radius 3 is 1.22 bits per heavy atom. The van der Waals surface area contributed by atoms with Gasteiger partial charge in [-0.3, -0.25) is 9.50 Å². The van der Waals surface area contributed by atoms with Crippen LogP contribution in [0.15, 0.2) is 81.8 Å². The normalized spacial score (nSPS) is 11.6. The number of aromatic nitrogens is 2. The van der Waals surface area contributed by atoms with Crippen LogP contribution in [0.2, 0.25) is 30.1 Å². The second kappa shape index (κ2) is 33.8. The van der Waals surface area contributed by atoms with Crippen molar-refractivity contribution in [3.05, 3.63) is 137 Å². The summed E-state index contributed by atoms with van der Waals surface area (Å²) < 4.78 is 119. The molecule has 2 aliphatic carbocycles. The maximum Gasteiger partial charge on any atom is 0.151 e. The zero-order valence-electron chi connectivity index (χ0n) is 33.2. The fraction of sp³-hybridized carbons (Fsp3) is 0.225. The van der Waals surface area contributed by atoms with Gasteiger partial charge in [0.15, 0.2) is 6.29 Å². The van der Waals surface area contributed by atoms with E-state index in [2.05, 4.69) is 10.3 Å². The van der Waals surface area contributed by atoms with Crippen LogP contribution in [0.4, 0.5) is 59.6 Å². The first-order valence-corrected chi connectivity index (χ1v) is 20.0. The summed E-state index contributed by atoms with van der Waals surface area (Å²) in [5.41, 5.74) is 5.19. The van der Waals surface area contributed by atoms with E-state index < -0.39 is 0 Å². The fourth-order valence-electron chi connectivity index (χ4n) is 5.85. The quantitative estimate of drug-likeness (QED) is 0.0954. The molecule has 0 unspecified atom stereocenters. The van der Waals surface area contributed by atoms with Gasteiger partial charge in [-0.15, -0.1) is 0 Å². The number of carbonyl (C=O) groups excluding carboxylic acids is 1. The summed E-state index contributed by atoms with van der Waals surface area (Å²) in [6.45, 7) is 0.357. The number of aldehydes is 1. The van der Waals surface area contributed by atoms with E-state index in [0.29, 0.717) is 93.4 Å². The highest BCUT2D eigenvalue weighted by atomic mass is 35.5. The molecule has 27 heteroatoms. The molecule has 2 aromatic heterocycles. The van der Waals surface area contributed by atoms with Gasteiger partial charge in [0.25, 0.3) is 0 Å². The summed E-state index contributed by atoms with van der Waals surface area (Å²) in [6.07, 6.45) is 4.94. The lowest BCUT2D eigenvalue weighted by atomic mass is 10.0. The highest BCUT2D eigenvalue weighted by Crippen LogP contribution is 2.47. The van der Waals surface area contributed by atoms with Crippen LogP contribution in [-0.2, 0) is 19.8 Å². The molecular weight excluding hydrogens is 1060 g/mol. The molecule has 0 aliphatic heterocycles. The minimum Gasteiger partial charge on any atom is -0.489 e. The van der Waals surface area contributed by atoms with E-state index in [9.17, 15) is 9.90 Å². The van der Waals surface area contributed by atoms with Crippen molar-refractivity contribution in [2.45, 2.75) is 57.3 Å². The highest BCUT2D eigenvalue weighted by Gasteiger charge is 2.35. The van der Waals surface area contributed by atoms with Gasteiger partial charge in [-0.1, -0.05) is 98.1 Å². The third-order valence-electron chi connectivity index (χ3n) is 8.99. The Balaban J connectivity index is 0.00000105. The lowest BCUT2D eigenvalue weighted by Gasteiger charge is -2.10. The molecule has 2 heterocycles. The van der Waals surface area contributed by atoms with Crippen molar-refractivity contribution in [3.63, 3.8) is 0 Å². The van der Waals surface area contributed by atoms with Crippen molar-refractivity contribution < 1.29 is 88.0 Å². The van der Waals surface area contributed by atoms with E-state index in [1.165, 1.54) is 0 Å². The Morgan fingerprint density at radius 2 is 0.910 bits per heavy atom. The van der Waals surface area contributed by atoms with E-state index in [-0.39, 0.29) is 24.5 Å². The zero-order valence-corrected chi connectivity index (χ0v) is 37.7. The average Bonchev–Trinajstić information content (AvgIpc) is 4.31. The molecule has 0 spiro atoms. The smallest absolute Gasteiger partial charge is 0.151 e. The Bertz CT molecular complexity index is 2320. The number of halogens is 19. The van der Waals surface area contributed by atoms with Crippen LogP contribution in [0, 0.1) is 0 Å². The molecule has 4 aromatic carbocycles. The second-order valence-corrected chi connectivity index (χ2v) is 15.2. The van der Waals surface area contributed by atoms with Crippen LogP contribution >= 0.6 is 69.6 Å². The number of nitrogens with zero attached hydrogens (tertiary/aromatic N) is 2. The predicted molar refractivity (Wildman–Crippen MR) is 227 cm³/mol. The molecule has 67 heavy (non-hydrogen) atoms. The van der Waals surface area contributed by atoms with E-state index in [1.54, 1.807) is 72.8 Å². The summed E-state index contributed by atoms with van der Waals surface area (Å²) in [5.74, 6) is 3.45. The Kier molecular flexibility index (Phi) is 31.4. The van der Waals surface area contributed by atoms with Gasteiger partial charge in [0, 0.05) is 88.4 Å². The van der Waals surface area contributed by atoms with E-state index >= 15 is 0 Å². The lowest BCUT2D eigenvalue weighted by Crippen LogP contribution is -2.00. The Hall–Kier alpha value is -4.64. The summed E-state index contributed by atoms with van der Waals surface area (Å²) in [6, 6.07) is 20.7. The minimum atomic E-state index is -0.119. The monoisotopic (exact) mass is 1090 g/mol. The number of hydrogen-bond donors (Lipinski definition) is 1. The third-order valence-corrected chi connectivity index (χ3v) is 10.9. The zero-order chi connectivity index (χ0) is 49.9. The molecule has 6 aromatic rings. The summed E-state index contributed by atoms with van der Waals surface area (Å²) in [5, 5.41) is 20.5. The van der Waals surface area contributed by atoms with Crippen LogP contribution < -0.4 is 9.47 Å². The van der Waals surface area contributed by atoms with Gasteiger partial charge in [0.05, 0.1) is 42.8 Å². The molecular formula is C40H31Cl6F13N2O6. The largest absolute Gasteiger partial charge is 0.489 e. The van der Waals surface area contributed by atoms with Crippen molar-refractivity contribution >= 4 is 75.9 Å². The number of benzene rings is 4. The number of carbonyl (C=O) groups is 1. The minimum absolute atomic E-state index is 0. The van der Waals surface area contributed by atoms with Gasteiger partial charge >= 0.3 is 0 Å². The molecule has 0 amide bonds. The van der Waals surface area contributed by atoms with Crippen molar-refractivity contribution in [2.24, 2.45) is 0 Å². The van der Waals surface area contributed by atoms with Crippen molar-refractivity contribution in [1.82, 2.24) is 10.3 Å². The van der Waals surface area contributed by atoms with Gasteiger partial charge in [-0.05, 0) is 85.8 Å². The molecule has 2 aliphatic rings. The molecule has 370 valence electrons. The fourth-order valence-corrected chi connectivity index (χ4v) is 7.45. The molecule has 8 nitrogen and oxygen atoms in total. The molecule has 2 saturated carbocycles. The van der Waals surface area contributed by atoms with Crippen molar-refractivity contribution in [3.8, 4) is 34.0 Å². The van der Waals surface area contributed by atoms with Gasteiger partial charge in [-0.25, -0.2) is 0 Å². The maximum atomic E-state index is 10.9. The molecule has 1 N–H and O–H groups in total. The number of rotatable bonds is 12. The first-order chi connectivity index (χ1) is 32.2. The molecule has 2 fully saturated rings. The number of aliphatic hydroxyl groups is 1. The van der Waals surface area contributed by atoms with Crippen LogP contribution in [0.3, 0.4) is 0 Å². The van der Waals surface area contributed by atoms with Crippen LogP contribution in [0.5, 0.6) is 11.5 Å². The predicted octanol–water partition coefficient (Wildman–Crippen LogP) is 18.0. The highest BCUT2D eigenvalue weighted by molar-refractivity contribution is 6.39. The molecule has 0 atom stereocenters. The number of hydrogen-bond acceptors (Lipinski definition) is 8. The number of ether oxygens (including phenoxy) is 2.